The Labute approximate surface area is 428 Å². The number of nitrogens with zero attached hydrogens (tertiary/aromatic N) is 1. The molecule has 2 atom stereocenters. The molecule has 0 saturated carbocycles. The molecule has 11 aromatic carbocycles. The Hall–Kier alpha value is -8.78. The van der Waals surface area contributed by atoms with Crippen LogP contribution in [0.1, 0.15) is 47.6 Å². The molecule has 1 heteroatoms. The van der Waals surface area contributed by atoms with Gasteiger partial charge in [-0.15, -0.1) is 0 Å². The molecule has 1 unspecified atom stereocenters. The van der Waals surface area contributed by atoms with Gasteiger partial charge in [0.1, 0.15) is 0 Å². The van der Waals surface area contributed by atoms with Crippen molar-refractivity contribution in [2.45, 2.75) is 31.2 Å². The second-order valence-corrected chi connectivity index (χ2v) is 20.3. The highest BCUT2D eigenvalue weighted by Crippen LogP contribution is 2.59. The molecule has 0 spiro atoms. The fourth-order valence-electron chi connectivity index (χ4n) is 12.9. The summed E-state index contributed by atoms with van der Waals surface area (Å²) in [5.74, 6) is 0.446. The first-order chi connectivity index (χ1) is 36.1. The average Bonchev–Trinajstić information content (AvgIpc) is 3.75. The van der Waals surface area contributed by atoms with Crippen LogP contribution in [0.15, 0.2) is 273 Å². The zero-order valence-electron chi connectivity index (χ0n) is 40.9. The van der Waals surface area contributed by atoms with Gasteiger partial charge in [0.2, 0.25) is 0 Å². The lowest BCUT2D eigenvalue weighted by molar-refractivity contribution is 0.694. The molecule has 0 heterocycles. The van der Waals surface area contributed by atoms with E-state index in [1.54, 1.807) is 0 Å². The van der Waals surface area contributed by atoms with Gasteiger partial charge < -0.3 is 4.90 Å². The highest BCUT2D eigenvalue weighted by atomic mass is 15.2. The molecule has 3 aliphatic carbocycles. The smallest absolute Gasteiger partial charge is 0.0710 e. The van der Waals surface area contributed by atoms with Crippen molar-refractivity contribution < 1.29 is 0 Å². The van der Waals surface area contributed by atoms with Crippen LogP contribution in [0.5, 0.6) is 0 Å². The maximum atomic E-state index is 2.60. The quantitative estimate of drug-likeness (QED) is 0.137. The fourth-order valence-corrected chi connectivity index (χ4v) is 12.9. The predicted molar refractivity (Wildman–Crippen MR) is 310 cm³/mol. The zero-order valence-corrected chi connectivity index (χ0v) is 40.9. The maximum absolute atomic E-state index is 2.60. The largest absolute Gasteiger partial charge is 0.334 e. The standard InChI is InChI=1S/C72H53N/c1-48-32-42-65-66-43-37-53(47-70(66)72(69(65)44-48,54-20-4-2-5-21-54)55-22-6-3-7-23-55)60-26-16-17-31-71(60)73(56-38-33-49(34-39-56)67-45-51-18-8-10-24-58(51)61-27-12-14-29-63(61)67)57-40-35-50(36-41-57)68-46-52-19-9-11-25-59(52)62-28-13-15-30-64(62)68/h2-30,33-48,71H,31-32H2,1H3/t48?,71-/m0/s1. The van der Waals surface area contributed by atoms with Crippen molar-refractivity contribution in [1.82, 2.24) is 0 Å². The van der Waals surface area contributed by atoms with Gasteiger partial charge in [0.05, 0.1) is 11.5 Å². The summed E-state index contributed by atoms with van der Waals surface area (Å²) in [6.45, 7) is 2.36. The highest BCUT2D eigenvalue weighted by molar-refractivity contribution is 6.15. The van der Waals surface area contributed by atoms with Crippen LogP contribution < -0.4 is 4.90 Å². The molecule has 346 valence electrons. The predicted octanol–water partition coefficient (Wildman–Crippen LogP) is 18.9. The molecule has 11 aromatic rings. The van der Waals surface area contributed by atoms with Crippen molar-refractivity contribution in [3.05, 3.63) is 300 Å². The molecule has 0 N–H and O–H groups in total. The fraction of sp³-hybridized carbons (Fsp3) is 0.0833. The van der Waals surface area contributed by atoms with Crippen LogP contribution in [0.3, 0.4) is 0 Å². The first-order valence-corrected chi connectivity index (χ1v) is 26.0. The van der Waals surface area contributed by atoms with Crippen LogP contribution in [0.2, 0.25) is 0 Å². The number of hydrogen-bond acceptors (Lipinski definition) is 1. The van der Waals surface area contributed by atoms with Crippen molar-refractivity contribution in [3.63, 3.8) is 0 Å². The van der Waals surface area contributed by atoms with Gasteiger partial charge in [-0.1, -0.05) is 231 Å². The highest BCUT2D eigenvalue weighted by Gasteiger charge is 2.49. The molecule has 14 rings (SSSR count). The molecule has 0 aliphatic heterocycles. The van der Waals surface area contributed by atoms with E-state index >= 15 is 0 Å². The summed E-state index contributed by atoms with van der Waals surface area (Å²) in [6, 6.07) is 88.6. The first-order valence-electron chi connectivity index (χ1n) is 26.0. The average molecular weight is 932 g/mol. The first kappa shape index (κ1) is 43.0. The molecule has 3 aliphatic rings. The minimum absolute atomic E-state index is 0.00716. The second kappa shape index (κ2) is 17.5. The van der Waals surface area contributed by atoms with E-state index in [4.69, 9.17) is 0 Å². The summed E-state index contributed by atoms with van der Waals surface area (Å²) in [7, 11) is 0. The Morgan fingerprint density at radius 1 is 0.425 bits per heavy atom. The van der Waals surface area contributed by atoms with E-state index in [-0.39, 0.29) is 6.04 Å². The van der Waals surface area contributed by atoms with E-state index < -0.39 is 5.41 Å². The maximum Gasteiger partial charge on any atom is 0.0710 e. The van der Waals surface area contributed by atoms with Crippen molar-refractivity contribution in [3.8, 4) is 22.3 Å². The van der Waals surface area contributed by atoms with Crippen LogP contribution in [-0.4, -0.2) is 6.04 Å². The SMILES string of the molecule is CC1C=C2C(=CC1)c1ccc(C3=CC=CC[C@@H]3N(c3ccc(-c4cc5ccccc5c5ccccc45)cc3)c3ccc(-c4cc5ccccc5c5ccccc45)cc3)cc1C2(c1ccccc1)c1ccccc1. The number of fused-ring (bicyclic) bond motifs is 9. The van der Waals surface area contributed by atoms with E-state index in [1.165, 1.54) is 110 Å². The molecule has 0 fully saturated rings. The lowest BCUT2D eigenvalue weighted by Crippen LogP contribution is -2.33. The van der Waals surface area contributed by atoms with E-state index in [0.29, 0.717) is 5.92 Å². The van der Waals surface area contributed by atoms with E-state index in [2.05, 4.69) is 279 Å². The Balaban J connectivity index is 0.931. The summed E-state index contributed by atoms with van der Waals surface area (Å²) < 4.78 is 0. The number of hydrogen-bond donors (Lipinski definition) is 0. The molecular formula is C72H53N. The van der Waals surface area contributed by atoms with Crippen molar-refractivity contribution in [2.24, 2.45) is 5.92 Å². The van der Waals surface area contributed by atoms with E-state index in [0.717, 1.165) is 24.2 Å². The molecule has 0 radical (unpaired) electrons. The van der Waals surface area contributed by atoms with Crippen molar-refractivity contribution in [2.75, 3.05) is 4.90 Å². The Morgan fingerprint density at radius 2 is 0.904 bits per heavy atom. The van der Waals surface area contributed by atoms with Gasteiger partial charge in [-0.3, -0.25) is 0 Å². The van der Waals surface area contributed by atoms with Crippen LogP contribution in [0, 0.1) is 5.92 Å². The number of anilines is 2. The van der Waals surface area contributed by atoms with Crippen LogP contribution in [0.4, 0.5) is 11.4 Å². The van der Waals surface area contributed by atoms with Crippen LogP contribution in [0.25, 0.3) is 76.5 Å². The van der Waals surface area contributed by atoms with Gasteiger partial charge in [-0.05, 0) is 171 Å². The molecule has 0 saturated heterocycles. The lowest BCUT2D eigenvalue weighted by atomic mass is 9.66. The van der Waals surface area contributed by atoms with Crippen molar-refractivity contribution in [1.29, 1.82) is 0 Å². The monoisotopic (exact) mass is 931 g/mol. The molecule has 0 amide bonds. The van der Waals surface area contributed by atoms with Crippen LogP contribution >= 0.6 is 0 Å². The Morgan fingerprint density at radius 3 is 1.45 bits per heavy atom. The van der Waals surface area contributed by atoms with Gasteiger partial charge in [0.25, 0.3) is 0 Å². The molecule has 0 bridgehead atoms. The van der Waals surface area contributed by atoms with Gasteiger partial charge in [-0.2, -0.15) is 0 Å². The third kappa shape index (κ3) is 6.98. The minimum atomic E-state index is -0.458. The molecular weight excluding hydrogens is 879 g/mol. The third-order valence-corrected chi connectivity index (χ3v) is 16.2. The number of benzene rings is 11. The molecule has 0 aromatic heterocycles. The topological polar surface area (TPSA) is 3.24 Å². The van der Waals surface area contributed by atoms with Crippen LogP contribution in [-0.2, 0) is 5.41 Å². The summed E-state index contributed by atoms with van der Waals surface area (Å²) in [5, 5.41) is 10.2. The molecule has 1 nitrogen and oxygen atoms in total. The summed E-state index contributed by atoms with van der Waals surface area (Å²) in [5.41, 5.74) is 17.4. The van der Waals surface area contributed by atoms with Gasteiger partial charge in [0.15, 0.2) is 0 Å². The molecule has 73 heavy (non-hydrogen) atoms. The van der Waals surface area contributed by atoms with Gasteiger partial charge >= 0.3 is 0 Å². The zero-order chi connectivity index (χ0) is 48.5. The van der Waals surface area contributed by atoms with Gasteiger partial charge in [0, 0.05) is 11.4 Å². The second-order valence-electron chi connectivity index (χ2n) is 20.3. The third-order valence-electron chi connectivity index (χ3n) is 16.2. The normalized spacial score (nSPS) is 16.8. The Bertz CT molecular complexity index is 3880. The summed E-state index contributed by atoms with van der Waals surface area (Å²) in [6.07, 6.45) is 14.0. The minimum Gasteiger partial charge on any atom is -0.334 e. The number of allylic oxidation sites excluding steroid dienone is 6. The van der Waals surface area contributed by atoms with Crippen molar-refractivity contribution >= 4 is 65.6 Å². The number of rotatable bonds is 8. The van der Waals surface area contributed by atoms with Gasteiger partial charge in [-0.25, -0.2) is 0 Å². The summed E-state index contributed by atoms with van der Waals surface area (Å²) in [4.78, 5) is 2.60. The summed E-state index contributed by atoms with van der Waals surface area (Å²) >= 11 is 0. The Kier molecular flexibility index (Phi) is 10.3. The van der Waals surface area contributed by atoms with E-state index in [9.17, 15) is 0 Å². The van der Waals surface area contributed by atoms with E-state index in [1.807, 2.05) is 0 Å². The lowest BCUT2D eigenvalue weighted by Gasteiger charge is -2.38.